The van der Waals surface area contributed by atoms with Gasteiger partial charge in [-0.15, -0.1) is 10.2 Å². The van der Waals surface area contributed by atoms with Crippen molar-refractivity contribution < 1.29 is 48.3 Å². The third-order valence-electron chi connectivity index (χ3n) is 18.4. The van der Waals surface area contributed by atoms with Crippen LogP contribution in [0.25, 0.3) is 78.6 Å². The van der Waals surface area contributed by atoms with E-state index in [4.69, 9.17) is 80.1 Å². The highest BCUT2D eigenvalue weighted by Gasteiger charge is 2.39. The Kier molecular flexibility index (Phi) is 21.6. The molecule has 12 heterocycles. The molecule has 0 bridgehead atoms. The number of rotatable bonds is 22. The number of halogens is 4. The molecule has 5 N–H and O–H groups in total. The Bertz CT molecular complexity index is 4960. The zero-order chi connectivity index (χ0) is 74.2. The lowest BCUT2D eigenvalue weighted by molar-refractivity contribution is -0.120. The highest BCUT2D eigenvalue weighted by molar-refractivity contribution is 6.40. The maximum Gasteiger partial charge on any atom is 0.410 e. The smallest absolute Gasteiger partial charge is 0.410 e. The number of ether oxygens (including phenoxy) is 5. The molecule has 14 rings (SSSR count). The Morgan fingerprint density at radius 2 is 1.05 bits per heavy atom. The fourth-order valence-electron chi connectivity index (χ4n) is 13.6. The van der Waals surface area contributed by atoms with Crippen LogP contribution in [-0.4, -0.2) is 189 Å². The van der Waals surface area contributed by atoms with Crippen LogP contribution in [0, 0.1) is 0 Å². The van der Waals surface area contributed by atoms with Gasteiger partial charge in [0, 0.05) is 151 Å². The largest absolute Gasteiger partial charge is 0.493 e. The number of fused-ring (bicyclic) bond motifs is 2. The summed E-state index contributed by atoms with van der Waals surface area (Å²) in [4.78, 5) is 70.7. The van der Waals surface area contributed by atoms with E-state index in [1.54, 1.807) is 53.7 Å². The minimum atomic E-state index is -0.707. The number of pyridine rings is 6. The Morgan fingerprint density at radius 3 is 1.49 bits per heavy atom. The van der Waals surface area contributed by atoms with Crippen LogP contribution in [0.1, 0.15) is 83.1 Å². The molecule has 0 radical (unpaired) electrons. The second-order valence-electron chi connectivity index (χ2n) is 28.2. The van der Waals surface area contributed by atoms with E-state index in [2.05, 4.69) is 55.9 Å². The molecule has 4 fully saturated rings. The van der Waals surface area contributed by atoms with Crippen molar-refractivity contribution >= 4 is 75.6 Å². The van der Waals surface area contributed by atoms with Crippen LogP contribution in [0.2, 0.25) is 20.1 Å². The normalized spacial score (nSPS) is 17.0. The lowest BCUT2D eigenvalue weighted by Crippen LogP contribution is -2.59. The van der Waals surface area contributed by atoms with Gasteiger partial charge in [-0.3, -0.25) is 29.4 Å². The van der Waals surface area contributed by atoms with Crippen molar-refractivity contribution in [3.8, 4) is 90.5 Å². The molecule has 0 aliphatic carbocycles. The number of nitrogens with zero attached hydrogens (tertiary/aromatic N) is 13. The van der Waals surface area contributed by atoms with Crippen LogP contribution in [0.15, 0.2) is 110 Å². The molecule has 3 amide bonds. The molecule has 4 saturated heterocycles. The van der Waals surface area contributed by atoms with Crippen molar-refractivity contribution in [1.82, 2.24) is 79.8 Å². The molecule has 0 spiro atoms. The maximum atomic E-state index is 13.3. The van der Waals surface area contributed by atoms with Gasteiger partial charge in [-0.05, 0) is 89.9 Å². The summed E-state index contributed by atoms with van der Waals surface area (Å²) in [5.41, 5.74) is 8.29. The molecule has 105 heavy (non-hydrogen) atoms. The molecule has 30 heteroatoms. The van der Waals surface area contributed by atoms with Crippen LogP contribution < -0.4 is 34.9 Å². The first-order chi connectivity index (χ1) is 50.2. The van der Waals surface area contributed by atoms with E-state index < -0.39 is 22.9 Å². The van der Waals surface area contributed by atoms with Crippen molar-refractivity contribution in [2.75, 3.05) is 67.7 Å². The van der Waals surface area contributed by atoms with Crippen molar-refractivity contribution in [2.24, 2.45) is 0 Å². The number of benzene rings is 2. The summed E-state index contributed by atoms with van der Waals surface area (Å²) in [6.07, 6.45) is 8.93. The maximum absolute atomic E-state index is 13.3. The number of nitrogens with one attached hydrogen (secondary N) is 3. The highest BCUT2D eigenvalue weighted by Crippen LogP contribution is 2.45. The third-order valence-corrected chi connectivity index (χ3v) is 19.9. The van der Waals surface area contributed by atoms with Gasteiger partial charge in [0.15, 0.2) is 34.4 Å². The predicted octanol–water partition coefficient (Wildman–Crippen LogP) is 11.2. The molecule has 548 valence electrons. The van der Waals surface area contributed by atoms with Gasteiger partial charge in [0.25, 0.3) is 0 Å². The average molecular weight is 1510 g/mol. The molecule has 10 aromatic rings. The number of carbonyl (C=O) groups is 3. The van der Waals surface area contributed by atoms with E-state index in [1.807, 2.05) is 126 Å². The molecule has 4 aliphatic rings. The number of likely N-dealkylation sites (tertiary alicyclic amines) is 2. The number of aliphatic hydroxyl groups is 2. The van der Waals surface area contributed by atoms with Crippen LogP contribution in [0.5, 0.6) is 23.3 Å². The van der Waals surface area contributed by atoms with E-state index in [0.717, 1.165) is 23.1 Å². The van der Waals surface area contributed by atoms with Gasteiger partial charge in [0.05, 0.1) is 102 Å². The number of β-amino-alcohol motifs (C(OH)–C–C–N with tert-alkyl or cyclic N) is 2. The predicted molar refractivity (Wildman–Crippen MR) is 398 cm³/mol. The van der Waals surface area contributed by atoms with Gasteiger partial charge in [-0.1, -0.05) is 88.9 Å². The first-order valence-corrected chi connectivity index (χ1v) is 35.7. The number of methoxy groups -OCH3 is 4. The fraction of sp³-hybridized carbons (Fsp3) is 0.373. The van der Waals surface area contributed by atoms with Crippen LogP contribution >= 0.6 is 46.4 Å². The Morgan fingerprint density at radius 1 is 0.600 bits per heavy atom. The second kappa shape index (κ2) is 30.6. The van der Waals surface area contributed by atoms with Crippen molar-refractivity contribution in [2.45, 2.75) is 115 Å². The summed E-state index contributed by atoms with van der Waals surface area (Å²) in [5.74, 6) is 3.11. The first-order valence-electron chi connectivity index (χ1n) is 34.2. The third kappa shape index (κ3) is 16.5. The van der Waals surface area contributed by atoms with E-state index in [9.17, 15) is 24.6 Å². The summed E-state index contributed by atoms with van der Waals surface area (Å²) in [6, 6.07) is 26.1. The molecule has 2 atom stereocenters. The summed E-state index contributed by atoms with van der Waals surface area (Å²) < 4.78 is 31.8. The van der Waals surface area contributed by atoms with Crippen molar-refractivity contribution in [1.29, 1.82) is 0 Å². The van der Waals surface area contributed by atoms with Crippen LogP contribution in [0.4, 0.5) is 4.79 Å². The van der Waals surface area contributed by atoms with Gasteiger partial charge >= 0.3 is 6.09 Å². The molecule has 0 saturated carbocycles. The van der Waals surface area contributed by atoms with Gasteiger partial charge in [0.1, 0.15) is 5.60 Å². The summed E-state index contributed by atoms with van der Waals surface area (Å²) in [7, 11) is 6.26. The van der Waals surface area contributed by atoms with Gasteiger partial charge in [0.2, 0.25) is 23.6 Å². The van der Waals surface area contributed by atoms with Crippen LogP contribution in [-0.2, 0) is 40.5 Å². The lowest BCUT2D eigenvalue weighted by atomic mass is 9.97. The van der Waals surface area contributed by atoms with Gasteiger partial charge in [-0.25, -0.2) is 33.8 Å². The van der Waals surface area contributed by atoms with E-state index in [1.165, 1.54) is 7.11 Å². The minimum Gasteiger partial charge on any atom is -0.493 e. The average Bonchev–Trinajstić information content (AvgIpc) is 1.76. The number of carbonyl (C=O) groups excluding carboxylic acids is 3. The molecule has 0 unspecified atom stereocenters. The van der Waals surface area contributed by atoms with E-state index >= 15 is 0 Å². The number of hydrogen-bond acceptors (Lipinski definition) is 21. The highest BCUT2D eigenvalue weighted by atomic mass is 35.5. The Hall–Kier alpha value is -9.35. The number of aromatic nitrogens is 10. The number of amides is 3. The Balaban J connectivity index is 0.000000188. The van der Waals surface area contributed by atoms with E-state index in [0.29, 0.717) is 200 Å². The molecule has 26 nitrogen and oxygen atoms in total. The zero-order valence-corrected chi connectivity index (χ0v) is 62.5. The summed E-state index contributed by atoms with van der Waals surface area (Å²) in [5, 5.41) is 40.6. The number of hydrogen-bond donors (Lipinski definition) is 5. The quantitative estimate of drug-likeness (QED) is 0.0421. The summed E-state index contributed by atoms with van der Waals surface area (Å²) >= 11 is 28.5. The monoisotopic (exact) mass is 1500 g/mol. The van der Waals surface area contributed by atoms with E-state index in [-0.39, 0.29) is 37.0 Å². The SMILES string of the molecule is COc1nc(-c2cccc(-c3ccnc(-c4cc(OC)c5nc(CN6CC(C)(O)C6)nn5c4)c3Cl)c2Cl)ccc1CN(C[C@@H]1CCC(=O)N1)C(=O)OC(C)(C)C.COc1nc(-c2cccc(-c3ccnc(-c4cc(OC)c5nc(CN6CC(C)(O)C6)nn5c4)c3Cl)c2Cl)ccc1CNC[C@@H]1CCC(=O)N1. The second-order valence-corrected chi connectivity index (χ2v) is 29.7. The van der Waals surface area contributed by atoms with Crippen molar-refractivity contribution in [3.63, 3.8) is 0 Å². The lowest BCUT2D eigenvalue weighted by Gasteiger charge is -2.43. The van der Waals surface area contributed by atoms with Gasteiger partial charge in [-0.2, -0.15) is 0 Å². The van der Waals surface area contributed by atoms with Crippen molar-refractivity contribution in [3.05, 3.63) is 153 Å². The summed E-state index contributed by atoms with van der Waals surface area (Å²) in [6.45, 7) is 13.9. The van der Waals surface area contributed by atoms with Crippen LogP contribution in [0.3, 0.4) is 0 Å². The Labute approximate surface area is 626 Å². The first kappa shape index (κ1) is 73.9. The molecule has 2 aromatic carbocycles. The molecular formula is C75H80Cl4N16O10. The minimum absolute atomic E-state index is 0.0379. The molecule has 4 aliphatic heterocycles. The van der Waals surface area contributed by atoms with Gasteiger partial charge < -0.3 is 54.7 Å². The molecule has 8 aromatic heterocycles. The fourth-order valence-corrected chi connectivity index (χ4v) is 14.9. The standard InChI is InChI=1S/C40H44Cl2N8O6.C35H36Cl2N8O4/c1-39(2,3)56-38(52)49(19-25-11-13-32(51)44-25)17-23-10-12-29(45-37(23)55-6)28-9-7-8-26(33(28)41)27-14-15-43-35(34(27)42)24-16-30(54-5)36-46-31(47-50(36)18-24)20-48-21-40(4,53)22-48;1-35(47)18-44(19-35)17-28-42-33-27(48-2)13-21(16-45(33)43-28)32-31(37)24(11-12-39-32)23-5-4-6-25(30(23)36)26-9-7-20(34(41-26)49-3)14-38-15-22-8-10-29(46)40-22/h7-10,12,14-16,18,25,53H,11,13,17,19-22H2,1-6H3,(H,44,51);4-7,9,11-13,16,22,38,47H,8,10,14-15,17-19H2,1-3H3,(H,40,46)/t25-;22-/m00/s1. The topological polar surface area (TPSA) is 296 Å². The molecular weight excluding hydrogens is 1430 g/mol. The zero-order valence-electron chi connectivity index (χ0n) is 59.4.